The van der Waals surface area contributed by atoms with Crippen LogP contribution in [0.1, 0.15) is 105 Å². The topological polar surface area (TPSA) is 57.5 Å². The van der Waals surface area contributed by atoms with Crippen LogP contribution in [0.25, 0.3) is 0 Å². The van der Waals surface area contributed by atoms with E-state index in [1.54, 1.807) is 0 Å². The smallest absolute Gasteiger partial charge is 0.328 e. The zero-order valence-corrected chi connectivity index (χ0v) is 21.3. The Morgan fingerprint density at radius 1 is 1.00 bits per heavy atom. The molecule has 0 radical (unpaired) electrons. The van der Waals surface area contributed by atoms with Crippen LogP contribution in [0.15, 0.2) is 11.6 Å². The molecule has 3 heteroatoms. The Kier molecular flexibility index (Phi) is 6.90. The summed E-state index contributed by atoms with van der Waals surface area (Å²) < 4.78 is 0. The van der Waals surface area contributed by atoms with Gasteiger partial charge in [0.05, 0.1) is 6.10 Å². The molecule has 0 aromatic rings. The van der Waals surface area contributed by atoms with Crippen LogP contribution in [0.2, 0.25) is 0 Å². The lowest BCUT2D eigenvalue weighted by Gasteiger charge is -2.62. The van der Waals surface area contributed by atoms with Crippen molar-refractivity contribution in [3.63, 3.8) is 0 Å². The minimum Gasteiger partial charge on any atom is -0.478 e. The van der Waals surface area contributed by atoms with Gasteiger partial charge in [0.15, 0.2) is 0 Å². The summed E-state index contributed by atoms with van der Waals surface area (Å²) in [5.41, 5.74) is 1.94. The summed E-state index contributed by atoms with van der Waals surface area (Å²) in [7, 11) is 0. The second kappa shape index (κ2) is 9.08. The number of allylic oxidation sites excluding steroid dienone is 1. The maximum absolute atomic E-state index is 10.9. The first kappa shape index (κ1) is 24.3. The van der Waals surface area contributed by atoms with Crippen LogP contribution in [0, 0.1) is 52.3 Å². The summed E-state index contributed by atoms with van der Waals surface area (Å²) in [6, 6.07) is 0. The molecule has 0 aliphatic heterocycles. The van der Waals surface area contributed by atoms with Gasteiger partial charge in [0.2, 0.25) is 0 Å². The minimum atomic E-state index is -0.816. The van der Waals surface area contributed by atoms with Crippen molar-refractivity contribution < 1.29 is 15.0 Å². The maximum Gasteiger partial charge on any atom is 0.328 e. The van der Waals surface area contributed by atoms with E-state index in [-0.39, 0.29) is 6.10 Å². The largest absolute Gasteiger partial charge is 0.478 e. The highest BCUT2D eigenvalue weighted by Gasteiger charge is 2.61. The number of carboxylic acid groups (broad SMARTS) is 1. The number of carboxylic acids is 1. The van der Waals surface area contributed by atoms with Crippen molar-refractivity contribution >= 4 is 5.97 Å². The molecule has 0 bridgehead atoms. The Balaban J connectivity index is 1.42. The average molecular weight is 445 g/mol. The van der Waals surface area contributed by atoms with Gasteiger partial charge in [-0.2, -0.15) is 0 Å². The van der Waals surface area contributed by atoms with Crippen molar-refractivity contribution in [1.82, 2.24) is 0 Å². The number of fused-ring (bicyclic) bond motifs is 5. The van der Waals surface area contributed by atoms with E-state index in [2.05, 4.69) is 27.7 Å². The van der Waals surface area contributed by atoms with Crippen LogP contribution < -0.4 is 0 Å². The number of rotatable bonds is 6. The van der Waals surface area contributed by atoms with E-state index in [9.17, 15) is 9.90 Å². The fourth-order valence-corrected chi connectivity index (χ4v) is 9.87. The van der Waals surface area contributed by atoms with Crippen molar-refractivity contribution in [3.05, 3.63) is 11.6 Å². The Labute approximate surface area is 196 Å². The van der Waals surface area contributed by atoms with Crippen LogP contribution in [-0.2, 0) is 4.79 Å². The van der Waals surface area contributed by atoms with E-state index < -0.39 is 5.97 Å². The molecule has 0 spiro atoms. The Bertz CT molecular complexity index is 728. The standard InChI is InChI=1S/C29H48O3/c1-18(17-27(31)32)7-6-8-19(2)22-11-12-24-21-9-10-23-20(3)26(30)14-16-29(23,5)25(21)13-15-28(22,24)4/h17,19-26,30H,6-16H2,1-5H3,(H,31,32)/t19-,20+,21+,22-,23?,24+,25+,26+,28-,29+/m1/s1. The summed E-state index contributed by atoms with van der Waals surface area (Å²) >= 11 is 0. The minimum absolute atomic E-state index is 0.0795. The van der Waals surface area contributed by atoms with Crippen LogP contribution in [0.3, 0.4) is 0 Å². The van der Waals surface area contributed by atoms with E-state index in [4.69, 9.17) is 5.11 Å². The monoisotopic (exact) mass is 444 g/mol. The fourth-order valence-electron chi connectivity index (χ4n) is 9.87. The maximum atomic E-state index is 10.9. The molecule has 10 atom stereocenters. The molecule has 4 aliphatic rings. The zero-order valence-electron chi connectivity index (χ0n) is 21.3. The predicted octanol–water partition coefficient (Wildman–Crippen LogP) is 7.09. The number of hydrogen-bond acceptors (Lipinski definition) is 2. The van der Waals surface area contributed by atoms with Crippen molar-refractivity contribution in [2.45, 2.75) is 111 Å². The second-order valence-electron chi connectivity index (χ2n) is 13.0. The molecular formula is C29H48O3. The zero-order chi connectivity index (χ0) is 23.3. The number of carbonyl (C=O) groups is 1. The highest BCUT2D eigenvalue weighted by molar-refractivity contribution is 5.80. The molecular weight excluding hydrogens is 396 g/mol. The Morgan fingerprint density at radius 3 is 2.38 bits per heavy atom. The molecule has 0 heterocycles. The van der Waals surface area contributed by atoms with Crippen LogP contribution >= 0.6 is 0 Å². The average Bonchev–Trinajstić information content (AvgIpc) is 3.08. The van der Waals surface area contributed by atoms with Gasteiger partial charge in [-0.05, 0) is 123 Å². The van der Waals surface area contributed by atoms with E-state index in [1.807, 2.05) is 6.92 Å². The quantitative estimate of drug-likeness (QED) is 0.430. The SMILES string of the molecule is CC(=CC(=O)O)CCC[C@@H](C)[C@H]1CC[C@H]2[C@@H]3CCC4[C@H](C)[C@@H](O)CC[C@]4(C)[C@H]3CC[C@]12C. The first-order chi connectivity index (χ1) is 15.1. The van der Waals surface area contributed by atoms with Gasteiger partial charge in [0, 0.05) is 6.08 Å². The highest BCUT2D eigenvalue weighted by atomic mass is 16.4. The van der Waals surface area contributed by atoms with Crippen LogP contribution in [0.5, 0.6) is 0 Å². The Hall–Kier alpha value is -0.830. The van der Waals surface area contributed by atoms with Crippen LogP contribution in [-0.4, -0.2) is 22.3 Å². The van der Waals surface area contributed by atoms with Gasteiger partial charge >= 0.3 is 5.97 Å². The predicted molar refractivity (Wildman–Crippen MR) is 130 cm³/mol. The number of hydrogen-bond donors (Lipinski definition) is 2. The second-order valence-corrected chi connectivity index (χ2v) is 13.0. The number of aliphatic hydroxyl groups excluding tert-OH is 1. The molecule has 4 rings (SSSR count). The molecule has 4 saturated carbocycles. The van der Waals surface area contributed by atoms with E-state index in [0.717, 1.165) is 60.3 Å². The molecule has 4 aliphatic carbocycles. The van der Waals surface area contributed by atoms with Gasteiger partial charge in [-0.1, -0.05) is 39.7 Å². The summed E-state index contributed by atoms with van der Waals surface area (Å²) in [5.74, 6) is 4.59. The first-order valence-corrected chi connectivity index (χ1v) is 13.7. The lowest BCUT2D eigenvalue weighted by molar-refractivity contribution is -0.149. The number of aliphatic hydroxyl groups is 1. The van der Waals surface area contributed by atoms with Gasteiger partial charge in [-0.3, -0.25) is 0 Å². The molecule has 2 N–H and O–H groups in total. The molecule has 0 amide bonds. The van der Waals surface area contributed by atoms with Gasteiger partial charge in [0.25, 0.3) is 0 Å². The molecule has 32 heavy (non-hydrogen) atoms. The molecule has 1 unspecified atom stereocenters. The third-order valence-corrected chi connectivity index (χ3v) is 11.5. The third kappa shape index (κ3) is 4.10. The first-order valence-electron chi connectivity index (χ1n) is 13.7. The normalized spacial score (nSPS) is 47.3. The lowest BCUT2D eigenvalue weighted by atomic mass is 9.43. The molecule has 0 aromatic carbocycles. The van der Waals surface area contributed by atoms with Crippen LogP contribution in [0.4, 0.5) is 0 Å². The van der Waals surface area contributed by atoms with Crippen molar-refractivity contribution in [1.29, 1.82) is 0 Å². The van der Waals surface area contributed by atoms with E-state index in [0.29, 0.717) is 16.7 Å². The molecule has 0 aromatic heterocycles. The van der Waals surface area contributed by atoms with Crippen molar-refractivity contribution in [3.8, 4) is 0 Å². The lowest BCUT2D eigenvalue weighted by Crippen LogP contribution is -2.56. The van der Waals surface area contributed by atoms with E-state index >= 15 is 0 Å². The molecule has 3 nitrogen and oxygen atoms in total. The summed E-state index contributed by atoms with van der Waals surface area (Å²) in [6.07, 6.45) is 15.1. The molecule has 0 saturated heterocycles. The fraction of sp³-hybridized carbons (Fsp3) is 0.897. The van der Waals surface area contributed by atoms with Gasteiger partial charge in [-0.25, -0.2) is 4.79 Å². The van der Waals surface area contributed by atoms with Crippen molar-refractivity contribution in [2.24, 2.45) is 52.3 Å². The summed E-state index contributed by atoms with van der Waals surface area (Å²) in [6.45, 7) is 12.0. The molecule has 4 fully saturated rings. The van der Waals surface area contributed by atoms with Gasteiger partial charge < -0.3 is 10.2 Å². The van der Waals surface area contributed by atoms with Crippen molar-refractivity contribution in [2.75, 3.05) is 0 Å². The number of aliphatic carboxylic acids is 1. The molecule has 182 valence electrons. The van der Waals surface area contributed by atoms with Gasteiger partial charge in [-0.15, -0.1) is 0 Å². The highest BCUT2D eigenvalue weighted by Crippen LogP contribution is 2.68. The summed E-state index contributed by atoms with van der Waals surface area (Å²) in [4.78, 5) is 10.9. The Morgan fingerprint density at radius 2 is 1.66 bits per heavy atom. The van der Waals surface area contributed by atoms with E-state index in [1.165, 1.54) is 57.4 Å². The summed E-state index contributed by atoms with van der Waals surface area (Å²) in [5, 5.41) is 19.5. The van der Waals surface area contributed by atoms with Gasteiger partial charge in [0.1, 0.15) is 0 Å². The third-order valence-electron chi connectivity index (χ3n) is 11.5.